The highest BCUT2D eigenvalue weighted by Gasteiger charge is 2.33. The molecule has 1 heterocycles. The van der Waals surface area contributed by atoms with E-state index < -0.39 is 5.79 Å². The molecule has 0 spiro atoms. The van der Waals surface area contributed by atoms with Crippen molar-refractivity contribution in [2.24, 2.45) is 0 Å². The minimum absolute atomic E-state index is 0.426. The van der Waals surface area contributed by atoms with Crippen molar-refractivity contribution in [2.75, 3.05) is 6.61 Å². The molecule has 2 heteroatoms. The summed E-state index contributed by atoms with van der Waals surface area (Å²) in [4.78, 5) is 0. The Bertz CT molecular complexity index is 560. The molecule has 0 radical (unpaired) electrons. The van der Waals surface area contributed by atoms with Gasteiger partial charge in [0, 0.05) is 5.56 Å². The van der Waals surface area contributed by atoms with E-state index in [1.807, 2.05) is 60.7 Å². The zero-order chi connectivity index (χ0) is 12.4. The quantitative estimate of drug-likeness (QED) is 0.871. The summed E-state index contributed by atoms with van der Waals surface area (Å²) in [5.74, 6) is -1.30. The zero-order valence-electron chi connectivity index (χ0n) is 9.91. The molecule has 0 amide bonds. The van der Waals surface area contributed by atoms with Gasteiger partial charge in [-0.1, -0.05) is 60.7 Å². The van der Waals surface area contributed by atoms with E-state index in [1.54, 1.807) is 6.08 Å². The first kappa shape index (κ1) is 11.2. The molecule has 0 fully saturated rings. The van der Waals surface area contributed by atoms with Crippen LogP contribution in [-0.4, -0.2) is 11.7 Å². The van der Waals surface area contributed by atoms with Gasteiger partial charge in [-0.15, -0.1) is 0 Å². The first-order chi connectivity index (χ1) is 8.78. The summed E-state index contributed by atoms with van der Waals surface area (Å²) in [6.07, 6.45) is 1.79. The Morgan fingerprint density at radius 3 is 2.17 bits per heavy atom. The highest BCUT2D eigenvalue weighted by molar-refractivity contribution is 5.69. The SMILES string of the molecule is OC1(c2ccccc2)C=C(c2ccccc2)CO1. The van der Waals surface area contributed by atoms with Gasteiger partial charge in [-0.05, 0) is 17.2 Å². The molecule has 0 aromatic heterocycles. The maximum absolute atomic E-state index is 10.5. The Morgan fingerprint density at radius 2 is 1.50 bits per heavy atom. The van der Waals surface area contributed by atoms with Crippen LogP contribution >= 0.6 is 0 Å². The zero-order valence-corrected chi connectivity index (χ0v) is 9.91. The Hall–Kier alpha value is -1.90. The number of hydrogen-bond acceptors (Lipinski definition) is 2. The van der Waals surface area contributed by atoms with E-state index in [2.05, 4.69) is 0 Å². The summed E-state index contributed by atoms with van der Waals surface area (Å²) < 4.78 is 5.56. The van der Waals surface area contributed by atoms with Crippen molar-refractivity contribution < 1.29 is 9.84 Å². The molecule has 3 rings (SSSR count). The van der Waals surface area contributed by atoms with Gasteiger partial charge in [0.25, 0.3) is 0 Å². The van der Waals surface area contributed by atoms with Crippen LogP contribution in [0, 0.1) is 0 Å². The molecule has 1 atom stereocenters. The van der Waals surface area contributed by atoms with Gasteiger partial charge in [0.2, 0.25) is 5.79 Å². The van der Waals surface area contributed by atoms with Crippen molar-refractivity contribution in [2.45, 2.75) is 5.79 Å². The minimum Gasteiger partial charge on any atom is -0.359 e. The lowest BCUT2D eigenvalue weighted by Gasteiger charge is -2.19. The van der Waals surface area contributed by atoms with Crippen molar-refractivity contribution >= 4 is 5.57 Å². The standard InChI is InChI=1S/C16H14O2/c17-16(15-9-5-2-6-10-15)11-14(12-18-16)13-7-3-1-4-8-13/h1-11,17H,12H2. The predicted molar refractivity (Wildman–Crippen MR) is 70.7 cm³/mol. The van der Waals surface area contributed by atoms with E-state index in [4.69, 9.17) is 4.74 Å². The molecular formula is C16H14O2. The van der Waals surface area contributed by atoms with Crippen molar-refractivity contribution in [3.8, 4) is 0 Å². The molecule has 90 valence electrons. The van der Waals surface area contributed by atoms with Crippen LogP contribution in [0.5, 0.6) is 0 Å². The molecular weight excluding hydrogens is 224 g/mol. The molecule has 1 N–H and O–H groups in total. The number of rotatable bonds is 2. The van der Waals surface area contributed by atoms with E-state index in [0.717, 1.165) is 16.7 Å². The first-order valence-electron chi connectivity index (χ1n) is 5.97. The molecule has 0 saturated heterocycles. The summed E-state index contributed by atoms with van der Waals surface area (Å²) in [7, 11) is 0. The van der Waals surface area contributed by atoms with Crippen LogP contribution < -0.4 is 0 Å². The Morgan fingerprint density at radius 1 is 0.889 bits per heavy atom. The van der Waals surface area contributed by atoms with Crippen LogP contribution in [-0.2, 0) is 10.5 Å². The summed E-state index contributed by atoms with van der Waals surface area (Å²) in [5, 5.41) is 10.5. The third-order valence-corrected chi connectivity index (χ3v) is 3.15. The van der Waals surface area contributed by atoms with E-state index in [0.29, 0.717) is 6.61 Å². The monoisotopic (exact) mass is 238 g/mol. The third-order valence-electron chi connectivity index (χ3n) is 3.15. The fourth-order valence-electron chi connectivity index (χ4n) is 2.17. The lowest BCUT2D eigenvalue weighted by atomic mass is 10.0. The lowest BCUT2D eigenvalue weighted by molar-refractivity contribution is -0.153. The van der Waals surface area contributed by atoms with Crippen molar-refractivity contribution in [1.82, 2.24) is 0 Å². The van der Waals surface area contributed by atoms with Crippen LogP contribution in [0.3, 0.4) is 0 Å². The van der Waals surface area contributed by atoms with Gasteiger partial charge in [0.1, 0.15) is 0 Å². The van der Waals surface area contributed by atoms with Crippen LogP contribution in [0.15, 0.2) is 66.7 Å². The molecule has 0 aliphatic carbocycles. The van der Waals surface area contributed by atoms with Gasteiger partial charge in [0.15, 0.2) is 0 Å². The summed E-state index contributed by atoms with van der Waals surface area (Å²) >= 11 is 0. The highest BCUT2D eigenvalue weighted by atomic mass is 16.6. The largest absolute Gasteiger partial charge is 0.359 e. The van der Waals surface area contributed by atoms with Gasteiger partial charge >= 0.3 is 0 Å². The van der Waals surface area contributed by atoms with Gasteiger partial charge in [-0.25, -0.2) is 0 Å². The Balaban J connectivity index is 1.96. The van der Waals surface area contributed by atoms with Gasteiger partial charge in [-0.3, -0.25) is 0 Å². The molecule has 0 bridgehead atoms. The summed E-state index contributed by atoms with van der Waals surface area (Å²) in [6, 6.07) is 19.4. The van der Waals surface area contributed by atoms with Crippen LogP contribution in [0.2, 0.25) is 0 Å². The Kier molecular flexibility index (Phi) is 2.74. The van der Waals surface area contributed by atoms with Crippen LogP contribution in [0.25, 0.3) is 5.57 Å². The Labute approximate surface area is 106 Å². The fraction of sp³-hybridized carbons (Fsp3) is 0.125. The van der Waals surface area contributed by atoms with Crippen molar-refractivity contribution in [3.05, 3.63) is 77.9 Å². The smallest absolute Gasteiger partial charge is 0.213 e. The second-order valence-corrected chi connectivity index (χ2v) is 4.39. The van der Waals surface area contributed by atoms with E-state index in [9.17, 15) is 5.11 Å². The summed E-state index contributed by atoms with van der Waals surface area (Å²) in [6.45, 7) is 0.426. The molecule has 18 heavy (non-hydrogen) atoms. The van der Waals surface area contributed by atoms with Crippen LogP contribution in [0.4, 0.5) is 0 Å². The van der Waals surface area contributed by atoms with E-state index in [-0.39, 0.29) is 0 Å². The predicted octanol–water partition coefficient (Wildman–Crippen LogP) is 2.95. The average Bonchev–Trinajstić information content (AvgIpc) is 2.85. The third kappa shape index (κ3) is 1.96. The molecule has 2 nitrogen and oxygen atoms in total. The molecule has 1 aliphatic heterocycles. The van der Waals surface area contributed by atoms with E-state index in [1.165, 1.54) is 0 Å². The maximum atomic E-state index is 10.5. The second-order valence-electron chi connectivity index (χ2n) is 4.39. The van der Waals surface area contributed by atoms with Crippen molar-refractivity contribution in [3.63, 3.8) is 0 Å². The maximum Gasteiger partial charge on any atom is 0.213 e. The summed E-state index contributed by atoms with van der Waals surface area (Å²) in [5.41, 5.74) is 2.86. The molecule has 2 aromatic carbocycles. The second kappa shape index (κ2) is 4.41. The number of benzene rings is 2. The fourth-order valence-corrected chi connectivity index (χ4v) is 2.17. The number of aliphatic hydroxyl groups is 1. The minimum atomic E-state index is -1.30. The molecule has 1 unspecified atom stereocenters. The normalized spacial score (nSPS) is 22.8. The first-order valence-corrected chi connectivity index (χ1v) is 5.97. The van der Waals surface area contributed by atoms with Gasteiger partial charge < -0.3 is 9.84 Å². The lowest BCUT2D eigenvalue weighted by Crippen LogP contribution is -2.22. The van der Waals surface area contributed by atoms with Gasteiger partial charge in [-0.2, -0.15) is 0 Å². The average molecular weight is 238 g/mol. The van der Waals surface area contributed by atoms with Crippen LogP contribution in [0.1, 0.15) is 11.1 Å². The van der Waals surface area contributed by atoms with E-state index >= 15 is 0 Å². The molecule has 0 saturated carbocycles. The topological polar surface area (TPSA) is 29.5 Å². The highest BCUT2D eigenvalue weighted by Crippen LogP contribution is 2.34. The number of hydrogen-bond donors (Lipinski definition) is 1. The molecule has 2 aromatic rings. The molecule has 1 aliphatic rings. The van der Waals surface area contributed by atoms with Gasteiger partial charge in [0.05, 0.1) is 6.61 Å². The number of ether oxygens (including phenoxy) is 1. The van der Waals surface area contributed by atoms with Crippen molar-refractivity contribution in [1.29, 1.82) is 0 Å².